The molecule has 0 fully saturated rings. The Morgan fingerprint density at radius 3 is 2.24 bits per heavy atom. The van der Waals surface area contributed by atoms with Crippen molar-refractivity contribution in [3.63, 3.8) is 0 Å². The second kappa shape index (κ2) is 9.64. The molecular weight excluding hydrogens is 215 g/mol. The van der Waals surface area contributed by atoms with E-state index in [1.165, 1.54) is 6.92 Å². The van der Waals surface area contributed by atoms with Crippen molar-refractivity contribution in [2.45, 2.75) is 26.6 Å². The van der Waals surface area contributed by atoms with Gasteiger partial charge in [0.2, 0.25) is 0 Å². The summed E-state index contributed by atoms with van der Waals surface area (Å²) in [5.74, 6) is -0.516. The van der Waals surface area contributed by atoms with E-state index in [-0.39, 0.29) is 12.4 Å². The highest BCUT2D eigenvalue weighted by atomic mass is 16.5. The monoisotopic (exact) mass is 232 g/mol. The van der Waals surface area contributed by atoms with Crippen LogP contribution in [0, 0.1) is 0 Å². The van der Waals surface area contributed by atoms with E-state index in [1.807, 2.05) is 37.3 Å². The van der Waals surface area contributed by atoms with Crippen LogP contribution in [0.3, 0.4) is 0 Å². The van der Waals surface area contributed by atoms with Crippen LogP contribution in [0.25, 0.3) is 0 Å². The summed E-state index contributed by atoms with van der Waals surface area (Å²) >= 11 is 0. The zero-order valence-electron chi connectivity index (χ0n) is 10.3. The van der Waals surface area contributed by atoms with Gasteiger partial charge in [0.25, 0.3) is 0 Å². The molecule has 0 spiro atoms. The molecule has 0 N–H and O–H groups in total. The summed E-state index contributed by atoms with van der Waals surface area (Å²) in [5, 5.41) is 0. The lowest BCUT2D eigenvalue weighted by Gasteiger charge is -2.01. The second-order valence-corrected chi connectivity index (χ2v) is 3.39. The Hall–Kier alpha value is -1.58. The molecule has 0 saturated heterocycles. The van der Waals surface area contributed by atoms with E-state index < -0.39 is 5.97 Å². The largest absolute Gasteiger partial charge is 0.458 e. The zero-order chi connectivity index (χ0) is 13.1. The molecule has 0 atom stereocenters. The Labute approximate surface area is 104 Å². The summed E-state index contributed by atoms with van der Waals surface area (Å²) in [6.45, 7) is 3.06. The van der Waals surface area contributed by atoms with Gasteiger partial charge >= 0.3 is 5.97 Å². The van der Waals surface area contributed by atoms with Gasteiger partial charge in [-0.15, -0.1) is 0 Å². The van der Waals surface area contributed by atoms with E-state index >= 15 is 0 Å². The predicted octanol–water partition coefficient (Wildman–Crippen LogP) is 1.95. The van der Waals surface area contributed by atoms with Gasteiger partial charge in [-0.05, 0) is 5.56 Å². The number of carbonyl (C=O) groups is 2. The predicted molar refractivity (Wildman–Crippen MR) is 68.0 cm³/mol. The smallest absolute Gasteiger partial charge is 0.303 e. The minimum atomic E-state index is -0.425. The van der Waals surface area contributed by atoms with Crippen molar-refractivity contribution in [2.24, 2.45) is 0 Å². The number of esters is 1. The van der Waals surface area contributed by atoms with Crippen molar-refractivity contribution in [2.75, 3.05) is 6.61 Å². The second-order valence-electron chi connectivity index (χ2n) is 3.39. The van der Waals surface area contributed by atoms with Crippen molar-refractivity contribution >= 4 is 19.6 Å². The molecule has 0 aliphatic heterocycles. The van der Waals surface area contributed by atoms with Crippen LogP contribution in [-0.4, -0.2) is 26.2 Å². The lowest BCUT2D eigenvalue weighted by atomic mass is 10.1. The van der Waals surface area contributed by atoms with Crippen LogP contribution in [0.5, 0.6) is 0 Å². The Morgan fingerprint density at radius 1 is 1.24 bits per heavy atom. The molecule has 2 radical (unpaired) electrons. The van der Waals surface area contributed by atoms with Gasteiger partial charge in [-0.3, -0.25) is 9.59 Å². The SMILES string of the molecule is CC(=O)OCC(=O)Cc1ccccc1.[B]CC. The average molecular weight is 232 g/mol. The van der Waals surface area contributed by atoms with Crippen molar-refractivity contribution in [3.05, 3.63) is 35.9 Å². The summed E-state index contributed by atoms with van der Waals surface area (Å²) in [5.41, 5.74) is 0.935. The topological polar surface area (TPSA) is 43.4 Å². The first-order valence-corrected chi connectivity index (χ1v) is 5.49. The summed E-state index contributed by atoms with van der Waals surface area (Å²) in [7, 11) is 4.85. The van der Waals surface area contributed by atoms with Crippen molar-refractivity contribution in [1.29, 1.82) is 0 Å². The van der Waals surface area contributed by atoms with E-state index in [9.17, 15) is 9.59 Å². The molecule has 1 aromatic carbocycles. The first-order valence-electron chi connectivity index (χ1n) is 5.49. The molecule has 0 aliphatic carbocycles. The van der Waals surface area contributed by atoms with Crippen LogP contribution < -0.4 is 0 Å². The summed E-state index contributed by atoms with van der Waals surface area (Å²) < 4.78 is 4.59. The number of benzene rings is 1. The maximum Gasteiger partial charge on any atom is 0.303 e. The Morgan fingerprint density at radius 2 is 1.76 bits per heavy atom. The molecule has 0 amide bonds. The number of rotatable bonds is 4. The molecule has 1 rings (SSSR count). The summed E-state index contributed by atoms with van der Waals surface area (Å²) in [4.78, 5) is 21.7. The van der Waals surface area contributed by atoms with Crippen molar-refractivity contribution < 1.29 is 14.3 Å². The van der Waals surface area contributed by atoms with E-state index in [1.54, 1.807) is 0 Å². The maximum atomic E-state index is 11.2. The molecule has 0 unspecified atom stereocenters. The van der Waals surface area contributed by atoms with E-state index in [0.29, 0.717) is 6.42 Å². The van der Waals surface area contributed by atoms with E-state index in [0.717, 1.165) is 11.9 Å². The number of hydrogen-bond donors (Lipinski definition) is 0. The minimum Gasteiger partial charge on any atom is -0.458 e. The van der Waals surface area contributed by atoms with Gasteiger partial charge in [-0.25, -0.2) is 0 Å². The molecule has 3 nitrogen and oxygen atoms in total. The van der Waals surface area contributed by atoms with Crippen LogP contribution in [-0.2, 0) is 20.7 Å². The lowest BCUT2D eigenvalue weighted by Crippen LogP contribution is -2.13. The van der Waals surface area contributed by atoms with Gasteiger partial charge < -0.3 is 4.74 Å². The van der Waals surface area contributed by atoms with Gasteiger partial charge in [0.1, 0.15) is 6.61 Å². The summed E-state index contributed by atoms with van der Waals surface area (Å²) in [6, 6.07) is 9.36. The van der Waals surface area contributed by atoms with Crippen molar-refractivity contribution in [3.8, 4) is 0 Å². The highest BCUT2D eigenvalue weighted by molar-refractivity contribution is 6.08. The van der Waals surface area contributed by atoms with Gasteiger partial charge in [0.05, 0.1) is 7.85 Å². The van der Waals surface area contributed by atoms with E-state index in [4.69, 9.17) is 7.85 Å². The molecule has 1 aromatic rings. The summed E-state index contributed by atoms with van der Waals surface area (Å²) in [6.07, 6.45) is 1.06. The molecule has 90 valence electrons. The highest BCUT2D eigenvalue weighted by Gasteiger charge is 2.04. The Kier molecular flexibility index (Phi) is 8.74. The normalized spacial score (nSPS) is 8.82. The molecule has 0 aliphatic rings. The van der Waals surface area contributed by atoms with E-state index in [2.05, 4.69) is 4.74 Å². The average Bonchev–Trinajstić information content (AvgIpc) is 2.29. The molecule has 4 heteroatoms. The Balaban J connectivity index is 0.000000770. The van der Waals surface area contributed by atoms with Crippen LogP contribution in [0.1, 0.15) is 19.4 Å². The minimum absolute atomic E-state index is 0.0913. The number of carbonyl (C=O) groups excluding carboxylic acids is 2. The quantitative estimate of drug-likeness (QED) is 0.588. The molecule has 0 heterocycles. The number of Topliss-reactive ketones (excluding diaryl/α,β-unsaturated/α-hetero) is 1. The van der Waals surface area contributed by atoms with Crippen LogP contribution in [0.2, 0.25) is 6.32 Å². The third kappa shape index (κ3) is 9.36. The van der Waals surface area contributed by atoms with Gasteiger partial charge in [0.15, 0.2) is 5.78 Å². The fourth-order valence-corrected chi connectivity index (χ4v) is 1.06. The lowest BCUT2D eigenvalue weighted by molar-refractivity contribution is -0.145. The van der Waals surface area contributed by atoms with Gasteiger partial charge in [-0.1, -0.05) is 43.6 Å². The highest BCUT2D eigenvalue weighted by Crippen LogP contribution is 2.00. The number of ketones is 1. The van der Waals surface area contributed by atoms with Gasteiger partial charge in [-0.2, -0.15) is 0 Å². The van der Waals surface area contributed by atoms with Crippen molar-refractivity contribution in [1.82, 2.24) is 0 Å². The first kappa shape index (κ1) is 15.4. The zero-order valence-corrected chi connectivity index (χ0v) is 10.3. The molecule has 0 aromatic heterocycles. The molecule has 0 bridgehead atoms. The molecular formula is C13H17BO3. The van der Waals surface area contributed by atoms with Gasteiger partial charge in [0, 0.05) is 13.3 Å². The van der Waals surface area contributed by atoms with Crippen LogP contribution in [0.4, 0.5) is 0 Å². The number of ether oxygens (including phenoxy) is 1. The molecule has 17 heavy (non-hydrogen) atoms. The third-order valence-electron chi connectivity index (χ3n) is 1.68. The van der Waals surface area contributed by atoms with Crippen LogP contribution >= 0.6 is 0 Å². The van der Waals surface area contributed by atoms with Crippen LogP contribution in [0.15, 0.2) is 30.3 Å². The standard InChI is InChI=1S/C11H12O3.C2H5B/c1-9(12)14-8-11(13)7-10-5-3-2-4-6-10;1-2-3/h2-6H,7-8H2,1H3;2H2,1H3. The fourth-order valence-electron chi connectivity index (χ4n) is 1.06. The maximum absolute atomic E-state index is 11.2. The fraction of sp³-hybridized carbons (Fsp3) is 0.385. The molecule has 0 saturated carbocycles. The first-order chi connectivity index (χ1) is 8.10. The number of hydrogen-bond acceptors (Lipinski definition) is 3. The third-order valence-corrected chi connectivity index (χ3v) is 1.68. The Bertz CT molecular complexity index is 336.